The minimum absolute atomic E-state index is 0.382. The Bertz CT molecular complexity index is 1130. The molecule has 2 aromatic carbocycles. The normalized spacial score (nSPS) is 12.1. The van der Waals surface area contributed by atoms with Gasteiger partial charge in [0, 0.05) is 17.3 Å². The largest absolute Gasteiger partial charge is 0.488 e. The van der Waals surface area contributed by atoms with Crippen molar-refractivity contribution in [2.75, 3.05) is 19.0 Å². The van der Waals surface area contributed by atoms with Crippen LogP contribution in [-0.2, 0) is 16.7 Å². The highest BCUT2D eigenvalue weighted by Crippen LogP contribution is 2.30. The summed E-state index contributed by atoms with van der Waals surface area (Å²) in [5, 5.41) is 3.29. The second kappa shape index (κ2) is 11.7. The molecule has 6 nitrogen and oxygen atoms in total. The van der Waals surface area contributed by atoms with Gasteiger partial charge in [0.25, 0.3) is 0 Å². The maximum Gasteiger partial charge on any atom is 0.134 e. The van der Waals surface area contributed by atoms with Crippen molar-refractivity contribution in [3.05, 3.63) is 103 Å². The number of nitrogens with one attached hydrogen (secondary N) is 2. The maximum absolute atomic E-state index is 11.6. The molecule has 32 heavy (non-hydrogen) atoms. The molecule has 7 heteroatoms. The minimum atomic E-state index is -1.07. The summed E-state index contributed by atoms with van der Waals surface area (Å²) in [7, 11) is 0.606. The van der Waals surface area contributed by atoms with E-state index in [9.17, 15) is 4.21 Å². The molecule has 0 bridgehead atoms. The Kier molecular flexibility index (Phi) is 8.48. The molecule has 0 fully saturated rings. The third-order valence-corrected chi connectivity index (χ3v) is 5.62. The number of ether oxygens (including phenoxy) is 1. The first kappa shape index (κ1) is 23.1. The summed E-state index contributed by atoms with van der Waals surface area (Å²) in [4.78, 5) is 8.76. The highest BCUT2D eigenvalue weighted by atomic mass is 32.2. The van der Waals surface area contributed by atoms with Gasteiger partial charge >= 0.3 is 0 Å². The van der Waals surface area contributed by atoms with Crippen molar-refractivity contribution in [2.45, 2.75) is 5.75 Å². The molecule has 1 heterocycles. The molecule has 0 radical (unpaired) electrons. The lowest BCUT2D eigenvalue weighted by molar-refractivity contribution is 0.357. The van der Waals surface area contributed by atoms with Crippen molar-refractivity contribution >= 4 is 22.5 Å². The molecule has 2 N–H and O–H groups in total. The first-order valence-corrected chi connectivity index (χ1v) is 11.3. The van der Waals surface area contributed by atoms with E-state index < -0.39 is 11.0 Å². The lowest BCUT2D eigenvalue weighted by Crippen LogP contribution is -2.12. The molecule has 1 unspecified atom stereocenters. The van der Waals surface area contributed by atoms with Gasteiger partial charge in [-0.1, -0.05) is 55.7 Å². The number of rotatable bonds is 11. The standard InChI is InChI=1S/C25H26N4O2S/c1-4-8-19(5-2)16-31-24-10-7-6-9-22(24)23-15-25(28-18-27-23)29-21-13-11-20(12-14-21)17-32(30)26-3/h4-15,18,26H,1-2,16-17H2,3H3,(H,27,28,29)/b19-8+. The number of allylic oxidation sites excluding steroid dienone is 2. The molecule has 1 aromatic heterocycles. The number of hydrogen-bond acceptors (Lipinski definition) is 5. The summed E-state index contributed by atoms with van der Waals surface area (Å²) in [6.07, 6.45) is 6.84. The van der Waals surface area contributed by atoms with Crippen LogP contribution in [-0.4, -0.2) is 27.8 Å². The zero-order valence-electron chi connectivity index (χ0n) is 18.0. The van der Waals surface area contributed by atoms with Crippen LogP contribution in [0.5, 0.6) is 5.75 Å². The number of nitrogens with zero attached hydrogens (tertiary/aromatic N) is 2. The lowest BCUT2D eigenvalue weighted by Gasteiger charge is -2.12. The van der Waals surface area contributed by atoms with E-state index in [1.54, 1.807) is 19.2 Å². The Morgan fingerprint density at radius 2 is 1.91 bits per heavy atom. The lowest BCUT2D eigenvalue weighted by atomic mass is 10.1. The van der Waals surface area contributed by atoms with Gasteiger partial charge in [-0.25, -0.2) is 18.9 Å². The van der Waals surface area contributed by atoms with Gasteiger partial charge in [0.2, 0.25) is 0 Å². The number of aromatic nitrogens is 2. The summed E-state index contributed by atoms with van der Waals surface area (Å²) in [5.74, 6) is 1.84. The van der Waals surface area contributed by atoms with Crippen LogP contribution in [0.15, 0.2) is 97.9 Å². The first-order chi connectivity index (χ1) is 15.6. The zero-order valence-corrected chi connectivity index (χ0v) is 18.8. The number of anilines is 2. The Labute approximate surface area is 191 Å². The van der Waals surface area contributed by atoms with Crippen molar-refractivity contribution in [3.8, 4) is 17.0 Å². The van der Waals surface area contributed by atoms with E-state index in [-0.39, 0.29) is 0 Å². The number of benzene rings is 2. The molecule has 0 saturated heterocycles. The van der Waals surface area contributed by atoms with Crippen molar-refractivity contribution in [1.82, 2.24) is 14.7 Å². The monoisotopic (exact) mass is 446 g/mol. The van der Waals surface area contributed by atoms with E-state index >= 15 is 0 Å². The van der Waals surface area contributed by atoms with Gasteiger partial charge in [0.15, 0.2) is 0 Å². The van der Waals surface area contributed by atoms with Crippen molar-refractivity contribution < 1.29 is 8.95 Å². The Balaban J connectivity index is 1.76. The van der Waals surface area contributed by atoms with Gasteiger partial charge in [0.1, 0.15) is 24.5 Å². The summed E-state index contributed by atoms with van der Waals surface area (Å²) >= 11 is 0. The van der Waals surface area contributed by atoms with E-state index in [0.29, 0.717) is 18.2 Å². The topological polar surface area (TPSA) is 76.1 Å². The quantitative estimate of drug-likeness (QED) is 0.408. The van der Waals surface area contributed by atoms with E-state index in [2.05, 4.69) is 33.2 Å². The summed E-state index contributed by atoms with van der Waals surface area (Å²) in [6, 6.07) is 17.4. The highest BCUT2D eigenvalue weighted by molar-refractivity contribution is 7.82. The van der Waals surface area contributed by atoms with Gasteiger partial charge in [-0.2, -0.15) is 0 Å². The van der Waals surface area contributed by atoms with Crippen LogP contribution in [0.4, 0.5) is 11.5 Å². The molecule has 3 rings (SSSR count). The fourth-order valence-corrected chi connectivity index (χ4v) is 3.56. The summed E-state index contributed by atoms with van der Waals surface area (Å²) < 4.78 is 20.4. The van der Waals surface area contributed by atoms with Gasteiger partial charge in [-0.3, -0.25) is 0 Å². The average molecular weight is 447 g/mol. The van der Waals surface area contributed by atoms with Crippen molar-refractivity contribution in [3.63, 3.8) is 0 Å². The van der Waals surface area contributed by atoms with E-state index in [4.69, 9.17) is 4.74 Å². The number of para-hydroxylation sites is 1. The summed E-state index contributed by atoms with van der Waals surface area (Å²) in [6.45, 7) is 7.90. The van der Waals surface area contributed by atoms with Gasteiger partial charge in [-0.15, -0.1) is 0 Å². The van der Waals surface area contributed by atoms with Crippen molar-refractivity contribution in [1.29, 1.82) is 0 Å². The zero-order chi connectivity index (χ0) is 22.8. The van der Waals surface area contributed by atoms with E-state index in [1.807, 2.05) is 60.7 Å². The molecule has 0 spiro atoms. The van der Waals surface area contributed by atoms with Gasteiger partial charge in [0.05, 0.1) is 22.4 Å². The van der Waals surface area contributed by atoms with Crippen LogP contribution in [0.25, 0.3) is 11.3 Å². The Morgan fingerprint density at radius 3 is 2.62 bits per heavy atom. The fraction of sp³-hybridized carbons (Fsp3) is 0.120. The van der Waals surface area contributed by atoms with Gasteiger partial charge < -0.3 is 10.1 Å². The molecule has 0 saturated carbocycles. The summed E-state index contributed by atoms with van der Waals surface area (Å²) in [5.41, 5.74) is 4.41. The van der Waals surface area contributed by atoms with E-state index in [1.165, 1.54) is 6.33 Å². The highest BCUT2D eigenvalue weighted by Gasteiger charge is 2.09. The maximum atomic E-state index is 11.6. The van der Waals surface area contributed by atoms with Crippen LogP contribution in [0.2, 0.25) is 0 Å². The molecule has 0 aliphatic rings. The third kappa shape index (κ3) is 6.47. The van der Waals surface area contributed by atoms with Crippen LogP contribution < -0.4 is 14.8 Å². The Morgan fingerprint density at radius 1 is 1.12 bits per heavy atom. The molecule has 0 amide bonds. The molecule has 164 valence electrons. The van der Waals surface area contributed by atoms with Crippen LogP contribution in [0.1, 0.15) is 5.56 Å². The third-order valence-electron chi connectivity index (χ3n) is 4.57. The van der Waals surface area contributed by atoms with Gasteiger partial charge in [-0.05, 0) is 42.4 Å². The van der Waals surface area contributed by atoms with Crippen LogP contribution in [0.3, 0.4) is 0 Å². The SMILES string of the molecule is C=C/C=C(\C=C)COc1ccccc1-c1cc(Nc2ccc(CS(=O)NC)cc2)ncn1. The predicted molar refractivity (Wildman–Crippen MR) is 132 cm³/mol. The smallest absolute Gasteiger partial charge is 0.134 e. The molecule has 1 atom stereocenters. The predicted octanol–water partition coefficient (Wildman–Crippen LogP) is 4.95. The number of hydrogen-bond donors (Lipinski definition) is 2. The first-order valence-electron chi connectivity index (χ1n) is 10.0. The van der Waals surface area contributed by atoms with E-state index in [0.717, 1.165) is 33.8 Å². The molecule has 3 aromatic rings. The van der Waals surface area contributed by atoms with Crippen LogP contribution >= 0.6 is 0 Å². The van der Waals surface area contributed by atoms with Crippen LogP contribution in [0, 0.1) is 0 Å². The minimum Gasteiger partial charge on any atom is -0.488 e. The molecular weight excluding hydrogens is 420 g/mol. The molecular formula is C25H26N4O2S. The molecule has 0 aliphatic heterocycles. The average Bonchev–Trinajstić information content (AvgIpc) is 2.83. The fourth-order valence-electron chi connectivity index (χ4n) is 2.92. The van der Waals surface area contributed by atoms with Crippen molar-refractivity contribution in [2.24, 2.45) is 0 Å². The second-order valence-corrected chi connectivity index (χ2v) is 8.16. The Hall–Kier alpha value is -3.55. The second-order valence-electron chi connectivity index (χ2n) is 6.77. The molecule has 0 aliphatic carbocycles.